The van der Waals surface area contributed by atoms with Gasteiger partial charge in [0.2, 0.25) is 11.8 Å². The summed E-state index contributed by atoms with van der Waals surface area (Å²) in [5, 5.41) is 16.6. The molecular formula is C22H26N6O3. The van der Waals surface area contributed by atoms with Crippen molar-refractivity contribution in [3.05, 3.63) is 46.6 Å². The van der Waals surface area contributed by atoms with E-state index in [-0.39, 0.29) is 24.1 Å². The van der Waals surface area contributed by atoms with E-state index in [4.69, 9.17) is 0 Å². The number of aromatic nitrogens is 2. The lowest BCUT2D eigenvalue weighted by Gasteiger charge is -2.29. The maximum Gasteiger partial charge on any atom is 0.255 e. The Hall–Kier alpha value is -3.20. The summed E-state index contributed by atoms with van der Waals surface area (Å²) in [5.74, 6) is 0.471. The molecule has 0 bridgehead atoms. The first-order valence-corrected chi connectivity index (χ1v) is 10.9. The van der Waals surface area contributed by atoms with Gasteiger partial charge >= 0.3 is 0 Å². The highest BCUT2D eigenvalue weighted by Gasteiger charge is 2.39. The number of amides is 3. The molecule has 4 N–H and O–H groups in total. The Labute approximate surface area is 180 Å². The van der Waals surface area contributed by atoms with E-state index in [0.29, 0.717) is 31.0 Å². The summed E-state index contributed by atoms with van der Waals surface area (Å²) in [5.41, 5.74) is 3.72. The van der Waals surface area contributed by atoms with Gasteiger partial charge < -0.3 is 15.5 Å². The summed E-state index contributed by atoms with van der Waals surface area (Å²) in [6, 6.07) is 7.13. The summed E-state index contributed by atoms with van der Waals surface area (Å²) >= 11 is 0. The zero-order chi connectivity index (χ0) is 21.4. The number of aromatic amines is 1. The van der Waals surface area contributed by atoms with E-state index >= 15 is 0 Å². The number of hydrogen-bond acceptors (Lipinski definition) is 6. The van der Waals surface area contributed by atoms with Crippen LogP contribution in [0.3, 0.4) is 0 Å². The Morgan fingerprint density at radius 1 is 1.13 bits per heavy atom. The molecule has 3 aliphatic rings. The van der Waals surface area contributed by atoms with E-state index < -0.39 is 6.04 Å². The highest BCUT2D eigenvalue weighted by Crippen LogP contribution is 2.30. The molecule has 9 nitrogen and oxygen atoms in total. The third-order valence-electron chi connectivity index (χ3n) is 6.52. The minimum atomic E-state index is -0.600. The van der Waals surface area contributed by atoms with Crippen LogP contribution in [0.1, 0.15) is 58.8 Å². The molecule has 9 heteroatoms. The predicted octanol–water partition coefficient (Wildman–Crippen LogP) is 1.25. The molecule has 0 aliphatic carbocycles. The molecule has 162 valence electrons. The number of benzene rings is 1. The number of nitrogens with one attached hydrogen (secondary N) is 4. The van der Waals surface area contributed by atoms with Gasteiger partial charge in [-0.3, -0.25) is 24.8 Å². The van der Waals surface area contributed by atoms with Gasteiger partial charge in [0.25, 0.3) is 5.91 Å². The number of fused-ring (bicyclic) bond motifs is 1. The number of anilines is 1. The molecule has 1 aromatic carbocycles. The van der Waals surface area contributed by atoms with E-state index in [2.05, 4.69) is 32.2 Å². The Bertz CT molecular complexity index is 1030. The van der Waals surface area contributed by atoms with E-state index in [1.165, 1.54) is 0 Å². The van der Waals surface area contributed by atoms with Crippen LogP contribution in [-0.4, -0.2) is 52.0 Å². The van der Waals surface area contributed by atoms with E-state index in [9.17, 15) is 14.4 Å². The van der Waals surface area contributed by atoms with Crippen LogP contribution in [0.25, 0.3) is 0 Å². The molecule has 3 aliphatic heterocycles. The Balaban J connectivity index is 1.28. The van der Waals surface area contributed by atoms with Crippen molar-refractivity contribution in [1.82, 2.24) is 25.7 Å². The fraction of sp³-hybridized carbons (Fsp3) is 0.455. The molecule has 1 atom stereocenters. The van der Waals surface area contributed by atoms with Crippen molar-refractivity contribution < 1.29 is 14.4 Å². The summed E-state index contributed by atoms with van der Waals surface area (Å²) in [4.78, 5) is 38.2. The van der Waals surface area contributed by atoms with Gasteiger partial charge in [0.1, 0.15) is 11.9 Å². The van der Waals surface area contributed by atoms with Crippen LogP contribution in [0.5, 0.6) is 0 Å². The number of rotatable bonds is 5. The highest BCUT2D eigenvalue weighted by molar-refractivity contribution is 6.05. The number of hydrogen-bond donors (Lipinski definition) is 4. The first-order chi connectivity index (χ1) is 15.1. The highest BCUT2D eigenvalue weighted by atomic mass is 16.2. The van der Waals surface area contributed by atoms with Gasteiger partial charge in [0.05, 0.1) is 0 Å². The largest absolute Gasteiger partial charge is 0.365 e. The van der Waals surface area contributed by atoms with Crippen LogP contribution < -0.4 is 16.0 Å². The molecule has 31 heavy (non-hydrogen) atoms. The molecule has 4 heterocycles. The molecule has 3 amide bonds. The lowest BCUT2D eigenvalue weighted by atomic mass is 9.95. The fourth-order valence-electron chi connectivity index (χ4n) is 4.77. The van der Waals surface area contributed by atoms with Gasteiger partial charge in [-0.15, -0.1) is 0 Å². The average Bonchev–Trinajstić information content (AvgIpc) is 3.38. The van der Waals surface area contributed by atoms with Crippen molar-refractivity contribution in [3.8, 4) is 0 Å². The maximum absolute atomic E-state index is 12.9. The molecule has 0 spiro atoms. The Kier molecular flexibility index (Phi) is 5.19. The molecule has 0 radical (unpaired) electrons. The lowest BCUT2D eigenvalue weighted by Crippen LogP contribution is -2.52. The first-order valence-electron chi connectivity index (χ1n) is 10.9. The molecule has 1 unspecified atom stereocenters. The van der Waals surface area contributed by atoms with E-state index in [1.807, 2.05) is 12.1 Å². The Morgan fingerprint density at radius 3 is 2.77 bits per heavy atom. The van der Waals surface area contributed by atoms with Crippen molar-refractivity contribution in [2.24, 2.45) is 0 Å². The van der Waals surface area contributed by atoms with Gasteiger partial charge in [-0.2, -0.15) is 5.10 Å². The summed E-state index contributed by atoms with van der Waals surface area (Å²) in [6.07, 6.45) is 2.83. The number of H-pyrrole nitrogens is 1. The standard InChI is InChI=1S/C22H26N6O3/c29-20-5-4-18(21(30)25-20)28-12-16-14(2-1-3-15(16)22(28)31)11-24-19-10-17(26-27-19)13-6-8-23-9-7-13/h1-3,10,13,18,23H,4-9,11-12H2,(H2,24,26,27)(H,25,29,30). The molecule has 1 aromatic heterocycles. The second-order valence-electron chi connectivity index (χ2n) is 8.43. The van der Waals surface area contributed by atoms with Crippen molar-refractivity contribution in [2.75, 3.05) is 18.4 Å². The monoisotopic (exact) mass is 422 g/mol. The molecule has 2 aromatic rings. The SMILES string of the molecule is O=C1CCC(N2Cc3c(CNc4cc(C5CCNCC5)[nH]n4)cccc3C2=O)C(=O)N1. The van der Waals surface area contributed by atoms with Crippen LogP contribution in [0.4, 0.5) is 5.82 Å². The minimum absolute atomic E-state index is 0.153. The zero-order valence-corrected chi connectivity index (χ0v) is 17.2. The zero-order valence-electron chi connectivity index (χ0n) is 17.2. The number of carbonyl (C=O) groups is 3. The molecule has 0 saturated carbocycles. The molecule has 2 saturated heterocycles. The van der Waals surface area contributed by atoms with Gasteiger partial charge in [0.15, 0.2) is 0 Å². The summed E-state index contributed by atoms with van der Waals surface area (Å²) < 4.78 is 0. The van der Waals surface area contributed by atoms with E-state index in [0.717, 1.165) is 48.6 Å². The topological polar surface area (TPSA) is 119 Å². The molecular weight excluding hydrogens is 396 g/mol. The van der Waals surface area contributed by atoms with Gasteiger partial charge in [-0.05, 0) is 49.5 Å². The van der Waals surface area contributed by atoms with Crippen LogP contribution in [0.15, 0.2) is 24.3 Å². The number of carbonyl (C=O) groups excluding carboxylic acids is 3. The fourth-order valence-corrected chi connectivity index (χ4v) is 4.77. The second-order valence-corrected chi connectivity index (χ2v) is 8.43. The van der Waals surface area contributed by atoms with Gasteiger partial charge in [-0.1, -0.05) is 12.1 Å². The maximum atomic E-state index is 12.9. The third kappa shape index (κ3) is 3.81. The third-order valence-corrected chi connectivity index (χ3v) is 6.52. The summed E-state index contributed by atoms with van der Waals surface area (Å²) in [7, 11) is 0. The number of imide groups is 1. The minimum Gasteiger partial charge on any atom is -0.365 e. The smallest absolute Gasteiger partial charge is 0.255 e. The quantitative estimate of drug-likeness (QED) is 0.539. The number of piperidine rings is 2. The van der Waals surface area contributed by atoms with Gasteiger partial charge in [-0.25, -0.2) is 0 Å². The Morgan fingerprint density at radius 2 is 1.97 bits per heavy atom. The first kappa shape index (κ1) is 19.7. The normalized spacial score (nSPS) is 21.9. The van der Waals surface area contributed by atoms with Crippen molar-refractivity contribution in [3.63, 3.8) is 0 Å². The average molecular weight is 422 g/mol. The van der Waals surface area contributed by atoms with Gasteiger partial charge in [0, 0.05) is 42.8 Å². The predicted molar refractivity (Wildman–Crippen MR) is 113 cm³/mol. The van der Waals surface area contributed by atoms with Crippen molar-refractivity contribution in [1.29, 1.82) is 0 Å². The van der Waals surface area contributed by atoms with Crippen LogP contribution in [0.2, 0.25) is 0 Å². The lowest BCUT2D eigenvalue weighted by molar-refractivity contribution is -0.136. The molecule has 5 rings (SSSR count). The number of nitrogens with zero attached hydrogens (tertiary/aromatic N) is 2. The molecule has 2 fully saturated rings. The van der Waals surface area contributed by atoms with Crippen molar-refractivity contribution in [2.45, 2.75) is 50.7 Å². The summed E-state index contributed by atoms with van der Waals surface area (Å²) in [6.45, 7) is 2.97. The van der Waals surface area contributed by atoms with E-state index in [1.54, 1.807) is 11.0 Å². The van der Waals surface area contributed by atoms with Crippen LogP contribution in [0, 0.1) is 0 Å². The van der Waals surface area contributed by atoms with Crippen LogP contribution >= 0.6 is 0 Å². The van der Waals surface area contributed by atoms with Crippen LogP contribution in [-0.2, 0) is 22.7 Å². The van der Waals surface area contributed by atoms with Crippen molar-refractivity contribution >= 4 is 23.5 Å². The second kappa shape index (κ2) is 8.14.